The Bertz CT molecular complexity index is 1430. The average molecular weight is 446 g/mol. The molecule has 32 heavy (non-hydrogen) atoms. The van der Waals surface area contributed by atoms with Crippen molar-refractivity contribution < 1.29 is 9.53 Å². The lowest BCUT2D eigenvalue weighted by molar-refractivity contribution is -0.140. The van der Waals surface area contributed by atoms with Gasteiger partial charge in [0.15, 0.2) is 0 Å². The summed E-state index contributed by atoms with van der Waals surface area (Å²) >= 11 is 1.12. The van der Waals surface area contributed by atoms with E-state index >= 15 is 0 Å². The van der Waals surface area contributed by atoms with Gasteiger partial charge >= 0.3 is 5.97 Å². The minimum atomic E-state index is -0.802. The van der Waals surface area contributed by atoms with E-state index in [1.54, 1.807) is 62.9 Å². The molecule has 3 aromatic rings. The first-order valence-corrected chi connectivity index (χ1v) is 10.6. The van der Waals surface area contributed by atoms with Gasteiger partial charge in [0, 0.05) is 24.8 Å². The summed E-state index contributed by atoms with van der Waals surface area (Å²) in [6, 6.07) is 9.13. The summed E-state index contributed by atoms with van der Waals surface area (Å²) < 4.78 is 7.40. The molecular formula is C23H19N5O3S. The van der Waals surface area contributed by atoms with Crippen LogP contribution in [0.2, 0.25) is 0 Å². The second-order valence-electron chi connectivity index (χ2n) is 7.34. The number of aromatic nitrogens is 3. The highest BCUT2D eigenvalue weighted by Crippen LogP contribution is 2.36. The molecule has 1 aliphatic rings. The number of carbonyl (C=O) groups is 1. The number of allylic oxidation sites excluding steroid dienone is 1. The van der Waals surface area contributed by atoms with Crippen molar-refractivity contribution in [2.75, 3.05) is 0 Å². The zero-order valence-electron chi connectivity index (χ0n) is 17.4. The van der Waals surface area contributed by atoms with Crippen molar-refractivity contribution in [1.29, 1.82) is 5.26 Å². The molecule has 0 fully saturated rings. The number of esters is 1. The standard InChI is InChI=1S/C23H19N5O3S/c1-13(2)31-23(30)19-18(15-6-4-8-27-12-15)16(10-24)20(25)28-21(29)17(32-22(19)28)9-14-5-3-7-26-11-14/h3-9,11-13,18H,25H2,1-2H3/b17-9-/t18-/m1/s1. The lowest BCUT2D eigenvalue weighted by atomic mass is 9.84. The molecule has 0 aliphatic carbocycles. The molecule has 0 spiro atoms. The van der Waals surface area contributed by atoms with E-state index < -0.39 is 17.4 Å². The average Bonchev–Trinajstić information content (AvgIpc) is 3.10. The maximum Gasteiger partial charge on any atom is 0.338 e. The minimum Gasteiger partial charge on any atom is -0.460 e. The van der Waals surface area contributed by atoms with Crippen LogP contribution in [-0.2, 0) is 9.53 Å². The highest BCUT2D eigenvalue weighted by atomic mass is 32.1. The van der Waals surface area contributed by atoms with E-state index in [0.29, 0.717) is 14.8 Å². The molecule has 0 saturated carbocycles. The van der Waals surface area contributed by atoms with Crippen molar-refractivity contribution in [3.63, 3.8) is 0 Å². The molecule has 0 unspecified atom stereocenters. The van der Waals surface area contributed by atoms with Crippen LogP contribution in [0.25, 0.3) is 17.5 Å². The van der Waals surface area contributed by atoms with Gasteiger partial charge in [0.25, 0.3) is 5.56 Å². The first-order valence-electron chi connectivity index (χ1n) is 9.81. The maximum absolute atomic E-state index is 13.2. The molecule has 4 heterocycles. The monoisotopic (exact) mass is 445 g/mol. The Morgan fingerprint density at radius 1 is 1.28 bits per heavy atom. The number of rotatable bonds is 4. The molecule has 1 aliphatic heterocycles. The zero-order chi connectivity index (χ0) is 22.8. The van der Waals surface area contributed by atoms with Gasteiger partial charge in [-0.1, -0.05) is 12.1 Å². The van der Waals surface area contributed by atoms with Crippen molar-refractivity contribution in [3.8, 4) is 6.07 Å². The fourth-order valence-electron chi connectivity index (χ4n) is 3.51. The molecule has 8 nitrogen and oxygen atoms in total. The number of hydrogen-bond acceptors (Lipinski definition) is 8. The van der Waals surface area contributed by atoms with E-state index in [0.717, 1.165) is 16.9 Å². The predicted molar refractivity (Wildman–Crippen MR) is 120 cm³/mol. The molecule has 9 heteroatoms. The Morgan fingerprint density at radius 2 is 2.00 bits per heavy atom. The molecule has 4 rings (SSSR count). The van der Waals surface area contributed by atoms with E-state index in [-0.39, 0.29) is 23.1 Å². The fraction of sp³-hybridized carbons (Fsp3) is 0.174. The number of thiazole rings is 1. The smallest absolute Gasteiger partial charge is 0.338 e. The fourth-order valence-corrected chi connectivity index (χ4v) is 4.68. The molecule has 0 aromatic carbocycles. The number of hydrogen-bond donors (Lipinski definition) is 1. The zero-order valence-corrected chi connectivity index (χ0v) is 18.2. The molecule has 0 bridgehead atoms. The number of nitriles is 1. The molecular weight excluding hydrogens is 426 g/mol. The largest absolute Gasteiger partial charge is 0.460 e. The molecule has 0 saturated heterocycles. The first kappa shape index (κ1) is 21.2. The van der Waals surface area contributed by atoms with E-state index in [1.165, 1.54) is 4.57 Å². The van der Waals surface area contributed by atoms with Crippen LogP contribution in [0.3, 0.4) is 0 Å². The Kier molecular flexibility index (Phi) is 5.71. The third-order valence-corrected chi connectivity index (χ3v) is 5.94. The molecule has 0 amide bonds. The van der Waals surface area contributed by atoms with Gasteiger partial charge in [0.2, 0.25) is 0 Å². The molecule has 3 aromatic heterocycles. The van der Waals surface area contributed by atoms with Crippen molar-refractivity contribution in [2.45, 2.75) is 25.9 Å². The van der Waals surface area contributed by atoms with Crippen molar-refractivity contribution in [1.82, 2.24) is 14.5 Å². The number of carbonyl (C=O) groups excluding carboxylic acids is 1. The van der Waals surface area contributed by atoms with E-state index in [1.807, 2.05) is 6.07 Å². The van der Waals surface area contributed by atoms with Gasteiger partial charge in [0.1, 0.15) is 10.5 Å². The summed E-state index contributed by atoms with van der Waals surface area (Å²) in [5, 5.41) is 9.93. The van der Waals surface area contributed by atoms with Crippen LogP contribution in [0.15, 0.2) is 59.4 Å². The second kappa shape index (κ2) is 8.61. The summed E-state index contributed by atoms with van der Waals surface area (Å²) in [6.45, 7) is 3.47. The van der Waals surface area contributed by atoms with Crippen LogP contribution >= 0.6 is 11.3 Å². The number of ether oxygens (including phenoxy) is 1. The van der Waals surface area contributed by atoms with Crippen molar-refractivity contribution in [2.24, 2.45) is 5.73 Å². The van der Waals surface area contributed by atoms with Crippen LogP contribution in [-0.4, -0.2) is 26.6 Å². The summed E-state index contributed by atoms with van der Waals surface area (Å²) in [7, 11) is 0. The third kappa shape index (κ3) is 3.72. The summed E-state index contributed by atoms with van der Waals surface area (Å²) in [5.74, 6) is -1.43. The Morgan fingerprint density at radius 3 is 2.59 bits per heavy atom. The van der Waals surface area contributed by atoms with Crippen LogP contribution in [0.5, 0.6) is 0 Å². The Hall–Kier alpha value is -4.03. The number of pyridine rings is 2. The molecule has 2 N–H and O–H groups in total. The SMILES string of the molecule is CC(C)OC(=O)C1=c2s/c(=C\c3cccnc3)c(=O)n2C(N)=C(C#N)[C@H]1c1cccnc1. The highest BCUT2D eigenvalue weighted by Gasteiger charge is 2.36. The summed E-state index contributed by atoms with van der Waals surface area (Å²) in [4.78, 5) is 34.7. The van der Waals surface area contributed by atoms with Gasteiger partial charge in [0.05, 0.1) is 33.8 Å². The van der Waals surface area contributed by atoms with E-state index in [2.05, 4.69) is 16.0 Å². The summed E-state index contributed by atoms with van der Waals surface area (Å²) in [5.41, 5.74) is 7.50. The Labute approximate surface area is 187 Å². The topological polar surface area (TPSA) is 124 Å². The lowest BCUT2D eigenvalue weighted by Crippen LogP contribution is -2.40. The molecule has 1 atom stereocenters. The molecule has 0 radical (unpaired) electrons. The van der Waals surface area contributed by atoms with E-state index in [4.69, 9.17) is 10.5 Å². The van der Waals surface area contributed by atoms with Crippen LogP contribution in [0.4, 0.5) is 0 Å². The summed E-state index contributed by atoms with van der Waals surface area (Å²) in [6.07, 6.45) is 7.71. The van der Waals surface area contributed by atoms with Gasteiger partial charge < -0.3 is 10.5 Å². The van der Waals surface area contributed by atoms with Gasteiger partial charge in [-0.05, 0) is 43.2 Å². The lowest BCUT2D eigenvalue weighted by Gasteiger charge is -2.25. The van der Waals surface area contributed by atoms with Crippen molar-refractivity contribution >= 4 is 34.8 Å². The van der Waals surface area contributed by atoms with Gasteiger partial charge in [-0.15, -0.1) is 11.3 Å². The number of nitrogens with zero attached hydrogens (tertiary/aromatic N) is 4. The molecule has 160 valence electrons. The quantitative estimate of drug-likeness (QED) is 0.596. The van der Waals surface area contributed by atoms with Gasteiger partial charge in [-0.3, -0.25) is 19.3 Å². The number of nitrogens with two attached hydrogens (primary N) is 1. The van der Waals surface area contributed by atoms with Crippen LogP contribution in [0, 0.1) is 11.3 Å². The normalized spacial score (nSPS) is 16.1. The van der Waals surface area contributed by atoms with Gasteiger partial charge in [-0.2, -0.15) is 5.26 Å². The maximum atomic E-state index is 13.2. The highest BCUT2D eigenvalue weighted by molar-refractivity contribution is 7.07. The second-order valence-corrected chi connectivity index (χ2v) is 8.37. The van der Waals surface area contributed by atoms with Gasteiger partial charge in [-0.25, -0.2) is 4.79 Å². The minimum absolute atomic E-state index is 0.00969. The van der Waals surface area contributed by atoms with Crippen molar-refractivity contribution in [3.05, 3.63) is 85.3 Å². The first-order chi connectivity index (χ1) is 15.4. The third-order valence-electron chi connectivity index (χ3n) is 4.83. The predicted octanol–water partition coefficient (Wildman–Crippen LogP) is 1.08. The van der Waals surface area contributed by atoms with Crippen LogP contribution in [0.1, 0.15) is 30.9 Å². The Balaban J connectivity index is 2.10. The van der Waals surface area contributed by atoms with E-state index in [9.17, 15) is 14.9 Å². The number of fused-ring (bicyclic) bond motifs is 1. The van der Waals surface area contributed by atoms with Crippen LogP contribution < -0.4 is 20.5 Å².